The van der Waals surface area contributed by atoms with Crippen LogP contribution in [-0.2, 0) is 5.60 Å². The molecule has 0 radical (unpaired) electrons. The lowest BCUT2D eigenvalue weighted by molar-refractivity contribution is -0.945. The standard InChI is InChI=1S/C30H31N2O3.BrH/c33-27-25-13-7-8-14-26(25)28(34)31(27)18-22-32-19-15-29(16-20-32,17-21-32)30(35,23-9-3-1-4-10-23)24-11-5-2-6-12-24;/h1-14,35H,15-22H2;1H/q+1;/p-1. The van der Waals surface area contributed by atoms with Gasteiger partial charge in [0.2, 0.25) is 0 Å². The van der Waals surface area contributed by atoms with Gasteiger partial charge in [-0.3, -0.25) is 14.5 Å². The quantitative estimate of drug-likeness (QED) is 0.373. The van der Waals surface area contributed by atoms with Gasteiger partial charge >= 0.3 is 0 Å². The molecule has 2 amide bonds. The fourth-order valence-corrected chi connectivity index (χ4v) is 6.83. The van der Waals surface area contributed by atoms with Crippen molar-refractivity contribution >= 4 is 11.8 Å². The number of nitrogens with zero attached hydrogens (tertiary/aromatic N) is 2. The fraction of sp³-hybridized carbons (Fsp3) is 0.333. The van der Waals surface area contributed by atoms with Crippen LogP contribution in [0, 0.1) is 5.41 Å². The molecular weight excluding hydrogens is 516 g/mol. The van der Waals surface area contributed by atoms with Crippen LogP contribution in [0.4, 0.5) is 0 Å². The average molecular weight is 547 g/mol. The molecule has 6 heteroatoms. The van der Waals surface area contributed by atoms with Crippen molar-refractivity contribution in [1.82, 2.24) is 4.90 Å². The topological polar surface area (TPSA) is 57.6 Å². The summed E-state index contributed by atoms with van der Waals surface area (Å²) in [6, 6.07) is 27.3. The van der Waals surface area contributed by atoms with E-state index in [0.717, 1.165) is 61.1 Å². The maximum Gasteiger partial charge on any atom is 0.261 e. The van der Waals surface area contributed by atoms with Crippen molar-refractivity contribution in [3.8, 4) is 0 Å². The van der Waals surface area contributed by atoms with Gasteiger partial charge in [0.05, 0.1) is 43.9 Å². The molecule has 0 saturated carbocycles. The van der Waals surface area contributed by atoms with Crippen LogP contribution in [0.25, 0.3) is 0 Å². The predicted octanol–water partition coefficient (Wildman–Crippen LogP) is 1.22. The summed E-state index contributed by atoms with van der Waals surface area (Å²) >= 11 is 0. The molecule has 4 aliphatic rings. The van der Waals surface area contributed by atoms with Gasteiger partial charge in [0, 0.05) is 24.7 Å². The number of imide groups is 1. The first-order valence-electron chi connectivity index (χ1n) is 12.6. The molecule has 186 valence electrons. The summed E-state index contributed by atoms with van der Waals surface area (Å²) in [5.41, 5.74) is 1.67. The van der Waals surface area contributed by atoms with Crippen molar-refractivity contribution in [3.05, 3.63) is 107 Å². The number of halogens is 1. The van der Waals surface area contributed by atoms with E-state index in [1.807, 2.05) is 48.5 Å². The van der Waals surface area contributed by atoms with Gasteiger partial charge < -0.3 is 26.6 Å². The number of fused-ring (bicyclic) bond motifs is 4. The molecule has 3 saturated heterocycles. The maximum absolute atomic E-state index is 12.8. The molecule has 0 aromatic heterocycles. The number of quaternary nitrogens is 1. The van der Waals surface area contributed by atoms with E-state index in [9.17, 15) is 14.7 Å². The first-order chi connectivity index (χ1) is 17.0. The Morgan fingerprint density at radius 1 is 0.722 bits per heavy atom. The Kier molecular flexibility index (Phi) is 6.39. The van der Waals surface area contributed by atoms with Gasteiger partial charge in [0.15, 0.2) is 0 Å². The van der Waals surface area contributed by atoms with Crippen molar-refractivity contribution < 1.29 is 36.2 Å². The molecule has 4 aliphatic heterocycles. The molecule has 36 heavy (non-hydrogen) atoms. The zero-order chi connectivity index (χ0) is 24.1. The summed E-state index contributed by atoms with van der Waals surface area (Å²) in [4.78, 5) is 27.1. The van der Waals surface area contributed by atoms with Crippen molar-refractivity contribution in [2.24, 2.45) is 5.41 Å². The number of carbonyl (C=O) groups is 2. The van der Waals surface area contributed by atoms with Gasteiger partial charge in [0.25, 0.3) is 11.8 Å². The summed E-state index contributed by atoms with van der Waals surface area (Å²) < 4.78 is 0.912. The van der Waals surface area contributed by atoms with E-state index in [-0.39, 0.29) is 34.2 Å². The lowest BCUT2D eigenvalue weighted by Crippen LogP contribution is -3.00. The molecule has 0 unspecified atom stereocenters. The van der Waals surface area contributed by atoms with Gasteiger partial charge in [-0.25, -0.2) is 0 Å². The fourth-order valence-electron chi connectivity index (χ4n) is 6.83. The van der Waals surface area contributed by atoms with Crippen molar-refractivity contribution in [3.63, 3.8) is 0 Å². The molecule has 0 aliphatic carbocycles. The van der Waals surface area contributed by atoms with Crippen LogP contribution in [-0.4, -0.2) is 59.0 Å². The zero-order valence-corrected chi connectivity index (χ0v) is 21.9. The zero-order valence-electron chi connectivity index (χ0n) is 20.3. The summed E-state index contributed by atoms with van der Waals surface area (Å²) in [7, 11) is 0. The molecule has 3 aromatic carbocycles. The first kappa shape index (κ1) is 24.9. The number of benzene rings is 3. The van der Waals surface area contributed by atoms with E-state index in [1.165, 1.54) is 4.90 Å². The molecule has 0 spiro atoms. The van der Waals surface area contributed by atoms with Crippen LogP contribution >= 0.6 is 0 Å². The van der Waals surface area contributed by atoms with Gasteiger partial charge in [-0.1, -0.05) is 72.8 Å². The van der Waals surface area contributed by atoms with E-state index >= 15 is 0 Å². The Morgan fingerprint density at radius 2 is 1.14 bits per heavy atom. The number of carbonyl (C=O) groups excluding carboxylic acids is 2. The number of hydrogen-bond acceptors (Lipinski definition) is 3. The van der Waals surface area contributed by atoms with Crippen LogP contribution < -0.4 is 17.0 Å². The van der Waals surface area contributed by atoms with Gasteiger partial charge in [0.1, 0.15) is 5.60 Å². The second kappa shape index (κ2) is 9.25. The van der Waals surface area contributed by atoms with E-state index in [2.05, 4.69) is 24.3 Å². The largest absolute Gasteiger partial charge is 1.00 e. The molecule has 1 N–H and O–H groups in total. The highest BCUT2D eigenvalue weighted by Gasteiger charge is 2.60. The van der Waals surface area contributed by atoms with E-state index in [4.69, 9.17) is 0 Å². The number of hydrogen-bond donors (Lipinski definition) is 1. The SMILES string of the molecule is O=C1c2ccccc2C(=O)N1CC[N+]12CCC(C(O)(c3ccccc3)c3ccccc3)(CC1)CC2.[Br-]. The number of piperidine rings is 3. The Hall–Kier alpha value is -2.80. The molecule has 0 atom stereocenters. The summed E-state index contributed by atoms with van der Waals surface area (Å²) in [6.07, 6.45) is 2.74. The second-order valence-electron chi connectivity index (χ2n) is 10.5. The Bertz CT molecular complexity index is 1180. The monoisotopic (exact) mass is 546 g/mol. The summed E-state index contributed by atoms with van der Waals surface area (Å²) in [5, 5.41) is 12.5. The lowest BCUT2D eigenvalue weighted by atomic mass is 9.56. The van der Waals surface area contributed by atoms with Gasteiger partial charge in [-0.15, -0.1) is 0 Å². The van der Waals surface area contributed by atoms with E-state index in [1.54, 1.807) is 12.1 Å². The van der Waals surface area contributed by atoms with Crippen LogP contribution in [0.5, 0.6) is 0 Å². The summed E-state index contributed by atoms with van der Waals surface area (Å²) in [6.45, 7) is 4.07. The van der Waals surface area contributed by atoms with Gasteiger partial charge in [-0.05, 0) is 23.3 Å². The highest BCUT2D eigenvalue weighted by atomic mass is 79.9. The van der Waals surface area contributed by atoms with Crippen LogP contribution in [0.3, 0.4) is 0 Å². The highest BCUT2D eigenvalue weighted by molar-refractivity contribution is 6.21. The molecule has 5 nitrogen and oxygen atoms in total. The highest BCUT2D eigenvalue weighted by Crippen LogP contribution is 2.57. The van der Waals surface area contributed by atoms with Crippen LogP contribution in [0.15, 0.2) is 84.9 Å². The molecule has 3 aromatic rings. The van der Waals surface area contributed by atoms with E-state index in [0.29, 0.717) is 17.7 Å². The van der Waals surface area contributed by atoms with Crippen molar-refractivity contribution in [1.29, 1.82) is 0 Å². The third-order valence-corrected chi connectivity index (χ3v) is 9.02. The molecule has 3 fully saturated rings. The Balaban J connectivity index is 0.00000267. The minimum absolute atomic E-state index is 0. The molecular formula is C30H31BrN2O3. The normalized spacial score (nSPS) is 25.0. The molecule has 7 rings (SSSR count). The summed E-state index contributed by atoms with van der Waals surface area (Å²) in [5.74, 6) is -0.343. The van der Waals surface area contributed by atoms with Gasteiger partial charge in [-0.2, -0.15) is 0 Å². The smallest absolute Gasteiger partial charge is 0.261 e. The number of aliphatic hydroxyl groups is 1. The average Bonchev–Trinajstić information content (AvgIpc) is 3.18. The van der Waals surface area contributed by atoms with Crippen LogP contribution in [0.1, 0.15) is 51.1 Å². The van der Waals surface area contributed by atoms with Crippen molar-refractivity contribution in [2.75, 3.05) is 32.7 Å². The number of rotatable bonds is 6. The molecule has 2 bridgehead atoms. The minimum atomic E-state index is -1.05. The third-order valence-electron chi connectivity index (χ3n) is 9.02. The third kappa shape index (κ3) is 3.66. The second-order valence-corrected chi connectivity index (χ2v) is 10.5. The number of amides is 2. The Morgan fingerprint density at radius 3 is 1.58 bits per heavy atom. The maximum atomic E-state index is 12.8. The lowest BCUT2D eigenvalue weighted by Gasteiger charge is -2.60. The van der Waals surface area contributed by atoms with E-state index < -0.39 is 5.60 Å². The van der Waals surface area contributed by atoms with Crippen molar-refractivity contribution in [2.45, 2.75) is 24.9 Å². The molecule has 4 heterocycles. The Labute approximate surface area is 222 Å². The predicted molar refractivity (Wildman–Crippen MR) is 134 cm³/mol. The van der Waals surface area contributed by atoms with Crippen LogP contribution in [0.2, 0.25) is 0 Å². The minimum Gasteiger partial charge on any atom is -1.00 e. The first-order valence-corrected chi connectivity index (χ1v) is 12.6.